The zero-order valence-electron chi connectivity index (χ0n) is 11.5. The van der Waals surface area contributed by atoms with Crippen LogP contribution in [-0.2, 0) is 6.18 Å². The molecule has 0 aliphatic carbocycles. The summed E-state index contributed by atoms with van der Waals surface area (Å²) in [6.45, 7) is 1.73. The summed E-state index contributed by atoms with van der Waals surface area (Å²) in [5.74, 6) is -2.46. The number of alkyl halides is 3. The Hall–Kier alpha value is -1.49. The van der Waals surface area contributed by atoms with Gasteiger partial charge in [0.1, 0.15) is 9.54 Å². The summed E-state index contributed by atoms with van der Waals surface area (Å²) in [5, 5.41) is 9.88. The Morgan fingerprint density at radius 3 is 2.57 bits per heavy atom. The quantitative estimate of drug-likeness (QED) is 0.371. The van der Waals surface area contributed by atoms with Crippen molar-refractivity contribution in [2.75, 3.05) is 5.32 Å². The van der Waals surface area contributed by atoms with Gasteiger partial charge in [0.25, 0.3) is 5.91 Å². The van der Waals surface area contributed by atoms with Crippen LogP contribution in [-0.4, -0.2) is 9.63 Å². The lowest BCUT2D eigenvalue weighted by Crippen LogP contribution is -2.20. The van der Waals surface area contributed by atoms with E-state index in [9.17, 15) is 22.4 Å². The number of halogens is 5. The van der Waals surface area contributed by atoms with Crippen LogP contribution in [0, 0.1) is 18.2 Å². The van der Waals surface area contributed by atoms with E-state index in [1.54, 1.807) is 29.5 Å². The molecule has 0 unspecified atom stereocenters. The van der Waals surface area contributed by atoms with Gasteiger partial charge in [-0.2, -0.15) is 13.2 Å². The fourth-order valence-corrected chi connectivity index (χ4v) is 3.38. The number of carbonyl (C=O) groups is 1. The van der Waals surface area contributed by atoms with Crippen molar-refractivity contribution >= 4 is 49.2 Å². The number of nitrogens with one attached hydrogen (secondary N) is 2. The Bertz CT molecular complexity index is 786. The first-order valence-corrected chi connectivity index (χ1v) is 8.02. The van der Waals surface area contributed by atoms with Crippen LogP contribution < -0.4 is 5.32 Å². The van der Waals surface area contributed by atoms with Gasteiger partial charge >= 0.3 is 6.18 Å². The molecule has 1 heterocycles. The van der Waals surface area contributed by atoms with Gasteiger partial charge in [-0.3, -0.25) is 10.2 Å². The Balaban J connectivity index is 2.45. The van der Waals surface area contributed by atoms with E-state index in [-0.39, 0.29) is 9.41 Å². The molecule has 3 nitrogen and oxygen atoms in total. The molecule has 1 aromatic heterocycles. The smallest absolute Gasteiger partial charge is 0.320 e. The zero-order valence-corrected chi connectivity index (χ0v) is 14.5. The highest BCUT2D eigenvalue weighted by atomic mass is 127. The molecular formula is C14H9F4IN2OS. The van der Waals surface area contributed by atoms with E-state index in [0.717, 1.165) is 17.0 Å². The van der Waals surface area contributed by atoms with Crippen molar-refractivity contribution in [2.45, 2.75) is 13.1 Å². The van der Waals surface area contributed by atoms with Gasteiger partial charge in [0.15, 0.2) is 0 Å². The second-order valence-corrected chi connectivity index (χ2v) is 6.86. The maximum absolute atomic E-state index is 13.8. The van der Waals surface area contributed by atoms with E-state index in [1.807, 2.05) is 0 Å². The summed E-state index contributed by atoms with van der Waals surface area (Å²) >= 11 is 2.93. The predicted octanol–water partition coefficient (Wildman–Crippen LogP) is 5.23. The molecule has 2 N–H and O–H groups in total. The van der Waals surface area contributed by atoms with Crippen LogP contribution in [0.5, 0.6) is 0 Å². The van der Waals surface area contributed by atoms with Crippen molar-refractivity contribution in [1.82, 2.24) is 0 Å². The van der Waals surface area contributed by atoms with E-state index < -0.39 is 29.0 Å². The average Bonchev–Trinajstić information content (AvgIpc) is 2.78. The van der Waals surface area contributed by atoms with Gasteiger partial charge in [-0.25, -0.2) is 4.39 Å². The third-order valence-corrected chi connectivity index (χ3v) is 4.82. The third-order valence-electron chi connectivity index (χ3n) is 2.85. The summed E-state index contributed by atoms with van der Waals surface area (Å²) < 4.78 is 52.8. The highest BCUT2D eigenvalue weighted by Crippen LogP contribution is 2.34. The lowest BCUT2D eigenvalue weighted by atomic mass is 10.1. The minimum Gasteiger partial charge on any atom is -0.320 e. The van der Waals surface area contributed by atoms with Crippen molar-refractivity contribution in [3.05, 3.63) is 51.0 Å². The molecule has 0 spiro atoms. The van der Waals surface area contributed by atoms with Gasteiger partial charge in [0.05, 0.1) is 21.7 Å². The SMILES string of the molecule is Cc1cc(NC(=O)c2c(F)cccc2C(F)(F)F)c(C(=N)I)s1. The zero-order chi connectivity index (χ0) is 17.4. The number of rotatable bonds is 3. The molecule has 1 aromatic carbocycles. The van der Waals surface area contributed by atoms with Crippen LogP contribution in [0.15, 0.2) is 24.3 Å². The number of carbonyl (C=O) groups excluding carboxylic acids is 1. The lowest BCUT2D eigenvalue weighted by molar-refractivity contribution is -0.138. The molecule has 1 amide bonds. The molecule has 23 heavy (non-hydrogen) atoms. The Kier molecular flexibility index (Phi) is 5.09. The highest BCUT2D eigenvalue weighted by Gasteiger charge is 2.37. The van der Waals surface area contributed by atoms with E-state index in [0.29, 0.717) is 10.9 Å². The number of thiophene rings is 1. The van der Waals surface area contributed by atoms with Gasteiger partial charge in [0.2, 0.25) is 0 Å². The van der Waals surface area contributed by atoms with E-state index in [1.165, 1.54) is 17.4 Å². The summed E-state index contributed by atoms with van der Waals surface area (Å²) in [4.78, 5) is 13.3. The van der Waals surface area contributed by atoms with Crippen molar-refractivity contribution in [3.63, 3.8) is 0 Å². The first-order valence-electron chi connectivity index (χ1n) is 6.13. The molecule has 0 atom stereocenters. The maximum Gasteiger partial charge on any atom is 0.417 e. The molecule has 0 aliphatic rings. The van der Waals surface area contributed by atoms with E-state index in [4.69, 9.17) is 5.41 Å². The first kappa shape index (κ1) is 17.9. The van der Waals surface area contributed by atoms with E-state index in [2.05, 4.69) is 5.32 Å². The molecule has 2 rings (SSSR count). The number of hydrogen-bond donors (Lipinski definition) is 2. The average molecular weight is 456 g/mol. The van der Waals surface area contributed by atoms with Gasteiger partial charge in [-0.05, 0) is 47.7 Å². The molecular weight excluding hydrogens is 447 g/mol. The number of aryl methyl sites for hydroxylation is 1. The van der Waals surface area contributed by atoms with Crippen LogP contribution >= 0.6 is 33.9 Å². The monoisotopic (exact) mass is 456 g/mol. The molecule has 0 saturated heterocycles. The summed E-state index contributed by atoms with van der Waals surface area (Å²) in [5.41, 5.74) is -2.21. The van der Waals surface area contributed by atoms with Gasteiger partial charge in [0, 0.05) is 4.88 Å². The fraction of sp³-hybridized carbons (Fsp3) is 0.143. The molecule has 122 valence electrons. The predicted molar refractivity (Wildman–Crippen MR) is 89.3 cm³/mol. The van der Waals surface area contributed by atoms with Gasteiger partial charge in [-0.15, -0.1) is 11.3 Å². The van der Waals surface area contributed by atoms with Crippen LogP contribution in [0.25, 0.3) is 0 Å². The molecule has 0 saturated carbocycles. The third kappa shape index (κ3) is 3.89. The Morgan fingerprint density at radius 1 is 1.35 bits per heavy atom. The fourth-order valence-electron chi connectivity index (χ4n) is 1.95. The van der Waals surface area contributed by atoms with Crippen molar-refractivity contribution in [1.29, 1.82) is 5.41 Å². The summed E-state index contributed by atoms with van der Waals surface area (Å²) in [7, 11) is 0. The van der Waals surface area contributed by atoms with Crippen molar-refractivity contribution in [3.8, 4) is 0 Å². The number of hydrogen-bond acceptors (Lipinski definition) is 3. The minimum absolute atomic E-state index is 0.126. The van der Waals surface area contributed by atoms with E-state index >= 15 is 0 Å². The van der Waals surface area contributed by atoms with Gasteiger partial charge in [-0.1, -0.05) is 6.07 Å². The lowest BCUT2D eigenvalue weighted by Gasteiger charge is -2.13. The molecule has 0 fully saturated rings. The molecule has 2 aromatic rings. The normalized spacial score (nSPS) is 11.4. The maximum atomic E-state index is 13.8. The standard InChI is InChI=1S/C14H9F4IN2OS/c1-6-5-9(11(23-6)12(19)20)21-13(22)10-7(14(16,17)18)3-2-4-8(10)15/h2-5,20H,1H3,(H,21,22). The number of amides is 1. The number of anilines is 1. The largest absolute Gasteiger partial charge is 0.417 e. The van der Waals surface area contributed by atoms with Crippen LogP contribution in [0.2, 0.25) is 0 Å². The summed E-state index contributed by atoms with van der Waals surface area (Å²) in [6, 6.07) is 3.87. The molecule has 0 radical (unpaired) electrons. The Morgan fingerprint density at radius 2 is 2.00 bits per heavy atom. The molecule has 0 aliphatic heterocycles. The van der Waals surface area contributed by atoms with Crippen molar-refractivity contribution in [2.24, 2.45) is 0 Å². The highest BCUT2D eigenvalue weighted by molar-refractivity contribution is 14.1. The second kappa shape index (κ2) is 6.56. The number of benzene rings is 1. The first-order chi connectivity index (χ1) is 10.6. The summed E-state index contributed by atoms with van der Waals surface area (Å²) in [6.07, 6.45) is -4.85. The topological polar surface area (TPSA) is 53.0 Å². The molecule has 0 bridgehead atoms. The van der Waals surface area contributed by atoms with Crippen molar-refractivity contribution < 1.29 is 22.4 Å². The molecule has 9 heteroatoms. The van der Waals surface area contributed by atoms with Crippen LogP contribution in [0.4, 0.5) is 23.2 Å². The Labute approximate surface area is 146 Å². The van der Waals surface area contributed by atoms with Crippen LogP contribution in [0.1, 0.15) is 25.7 Å². The second-order valence-electron chi connectivity index (χ2n) is 4.53. The van der Waals surface area contributed by atoms with Gasteiger partial charge < -0.3 is 5.32 Å². The van der Waals surface area contributed by atoms with Crippen LogP contribution in [0.3, 0.4) is 0 Å². The minimum atomic E-state index is -4.85.